The summed E-state index contributed by atoms with van der Waals surface area (Å²) in [4.78, 5) is 12.2. The molecule has 6 heteroatoms. The number of thiophene rings is 1. The van der Waals surface area contributed by atoms with Gasteiger partial charge in [0, 0.05) is 34.1 Å². The number of rotatable bonds is 6. The molecule has 4 aromatic rings. The summed E-state index contributed by atoms with van der Waals surface area (Å²) in [5.74, 6) is -0.268. The number of benzene rings is 2. The third kappa shape index (κ3) is 3.91. The topological polar surface area (TPSA) is 75.2 Å². The summed E-state index contributed by atoms with van der Waals surface area (Å²) in [6.45, 7) is 0.466. The van der Waals surface area contributed by atoms with Crippen molar-refractivity contribution in [3.05, 3.63) is 94.4 Å². The monoisotopic (exact) mass is 400 g/mol. The predicted octanol–water partition coefficient (Wildman–Crippen LogP) is 5.35. The van der Waals surface area contributed by atoms with Gasteiger partial charge in [-0.3, -0.25) is 0 Å². The molecule has 5 nitrogen and oxygen atoms in total. The summed E-state index contributed by atoms with van der Waals surface area (Å²) in [6, 6.07) is 20.4. The fourth-order valence-electron chi connectivity index (χ4n) is 3.04. The standard InChI is InChI=1S/C23H16N2O3S/c24-12-17-13-25(18-9-7-16(8-10-18)23(26)27)14-21(17)20-5-1-2-6-22(20)28-15-19-4-3-11-29-19/h1-11,13-14H,15H2,(H,26,27). The van der Waals surface area contributed by atoms with Crippen LogP contribution in [0.1, 0.15) is 20.8 Å². The molecule has 142 valence electrons. The number of carboxylic acid groups (broad SMARTS) is 1. The first-order valence-electron chi connectivity index (χ1n) is 8.86. The minimum Gasteiger partial charge on any atom is -0.487 e. The molecule has 0 fully saturated rings. The van der Waals surface area contributed by atoms with Gasteiger partial charge in [0.15, 0.2) is 0 Å². The number of ether oxygens (including phenoxy) is 1. The molecule has 0 unspecified atom stereocenters. The van der Waals surface area contributed by atoms with Gasteiger partial charge >= 0.3 is 5.97 Å². The second kappa shape index (κ2) is 8.05. The molecule has 2 aromatic heterocycles. The van der Waals surface area contributed by atoms with E-state index < -0.39 is 5.97 Å². The zero-order valence-electron chi connectivity index (χ0n) is 15.3. The average Bonchev–Trinajstić information content (AvgIpc) is 3.42. The first kappa shape index (κ1) is 18.5. The van der Waals surface area contributed by atoms with Gasteiger partial charge in [-0.05, 0) is 41.8 Å². The van der Waals surface area contributed by atoms with Crippen molar-refractivity contribution < 1.29 is 14.6 Å². The molecule has 2 aromatic carbocycles. The van der Waals surface area contributed by atoms with Crippen LogP contribution in [0.3, 0.4) is 0 Å². The smallest absolute Gasteiger partial charge is 0.335 e. The average molecular weight is 400 g/mol. The molecule has 0 atom stereocenters. The Bertz CT molecular complexity index is 1190. The molecule has 0 radical (unpaired) electrons. The lowest BCUT2D eigenvalue weighted by Gasteiger charge is -2.10. The molecule has 2 heterocycles. The first-order chi connectivity index (χ1) is 14.2. The lowest BCUT2D eigenvalue weighted by Crippen LogP contribution is -1.97. The van der Waals surface area contributed by atoms with E-state index in [0.717, 1.165) is 21.7 Å². The van der Waals surface area contributed by atoms with Crippen LogP contribution in [-0.2, 0) is 6.61 Å². The zero-order valence-corrected chi connectivity index (χ0v) is 16.1. The van der Waals surface area contributed by atoms with Gasteiger partial charge in [0.2, 0.25) is 0 Å². The fourth-order valence-corrected chi connectivity index (χ4v) is 3.66. The largest absolute Gasteiger partial charge is 0.487 e. The molecule has 0 aliphatic rings. The van der Waals surface area contributed by atoms with Crippen molar-refractivity contribution in [2.75, 3.05) is 0 Å². The van der Waals surface area contributed by atoms with E-state index in [1.807, 2.05) is 52.5 Å². The Morgan fingerprint density at radius 3 is 2.52 bits per heavy atom. The van der Waals surface area contributed by atoms with Crippen molar-refractivity contribution in [3.8, 4) is 28.6 Å². The van der Waals surface area contributed by atoms with E-state index in [-0.39, 0.29) is 5.56 Å². The number of aromatic nitrogens is 1. The number of aromatic carboxylic acids is 1. The van der Waals surface area contributed by atoms with Gasteiger partial charge in [-0.1, -0.05) is 24.3 Å². The van der Waals surface area contributed by atoms with E-state index in [4.69, 9.17) is 9.84 Å². The van der Waals surface area contributed by atoms with Gasteiger partial charge in [0.25, 0.3) is 0 Å². The summed E-state index contributed by atoms with van der Waals surface area (Å²) in [7, 11) is 0. The zero-order chi connectivity index (χ0) is 20.2. The van der Waals surface area contributed by atoms with Gasteiger partial charge in [-0.2, -0.15) is 5.26 Å². The van der Waals surface area contributed by atoms with E-state index in [2.05, 4.69) is 6.07 Å². The number of para-hydroxylation sites is 1. The number of nitriles is 1. The maximum atomic E-state index is 11.1. The Balaban J connectivity index is 1.69. The highest BCUT2D eigenvalue weighted by Crippen LogP contribution is 2.34. The van der Waals surface area contributed by atoms with E-state index in [1.54, 1.807) is 41.8 Å². The summed E-state index contributed by atoms with van der Waals surface area (Å²) >= 11 is 1.63. The Morgan fingerprint density at radius 2 is 1.83 bits per heavy atom. The SMILES string of the molecule is N#Cc1cn(-c2ccc(C(=O)O)cc2)cc1-c1ccccc1OCc1cccs1. The Morgan fingerprint density at radius 1 is 1.03 bits per heavy atom. The second-order valence-electron chi connectivity index (χ2n) is 6.32. The van der Waals surface area contributed by atoms with Crippen LogP contribution in [0.25, 0.3) is 16.8 Å². The summed E-state index contributed by atoms with van der Waals surface area (Å²) in [5, 5.41) is 20.7. The van der Waals surface area contributed by atoms with E-state index in [9.17, 15) is 10.1 Å². The highest BCUT2D eigenvalue weighted by molar-refractivity contribution is 7.09. The highest BCUT2D eigenvalue weighted by Gasteiger charge is 2.14. The van der Waals surface area contributed by atoms with Crippen molar-refractivity contribution in [1.29, 1.82) is 5.26 Å². The van der Waals surface area contributed by atoms with Crippen molar-refractivity contribution >= 4 is 17.3 Å². The van der Waals surface area contributed by atoms with Crippen molar-refractivity contribution in [2.24, 2.45) is 0 Å². The minimum absolute atomic E-state index is 0.217. The number of hydrogen-bond donors (Lipinski definition) is 1. The molecule has 0 saturated heterocycles. The van der Waals surface area contributed by atoms with Crippen molar-refractivity contribution in [1.82, 2.24) is 4.57 Å². The van der Waals surface area contributed by atoms with Crippen LogP contribution < -0.4 is 4.74 Å². The van der Waals surface area contributed by atoms with Crippen LogP contribution >= 0.6 is 11.3 Å². The highest BCUT2D eigenvalue weighted by atomic mass is 32.1. The number of carboxylic acids is 1. The molecule has 0 amide bonds. The lowest BCUT2D eigenvalue weighted by atomic mass is 10.0. The Labute approximate surface area is 171 Å². The molecular formula is C23H16N2O3S. The normalized spacial score (nSPS) is 10.4. The summed E-state index contributed by atoms with van der Waals surface area (Å²) < 4.78 is 7.83. The molecule has 0 spiro atoms. The Hall–Kier alpha value is -3.82. The number of hydrogen-bond acceptors (Lipinski definition) is 4. The van der Waals surface area contributed by atoms with Gasteiger partial charge < -0.3 is 14.4 Å². The van der Waals surface area contributed by atoms with Crippen LogP contribution in [0.4, 0.5) is 0 Å². The van der Waals surface area contributed by atoms with Gasteiger partial charge in [-0.15, -0.1) is 11.3 Å². The van der Waals surface area contributed by atoms with Crippen LogP contribution in [0, 0.1) is 11.3 Å². The predicted molar refractivity (Wildman–Crippen MR) is 112 cm³/mol. The maximum absolute atomic E-state index is 11.1. The van der Waals surface area contributed by atoms with E-state index in [1.165, 1.54) is 0 Å². The summed E-state index contributed by atoms with van der Waals surface area (Å²) in [5.41, 5.74) is 3.10. The van der Waals surface area contributed by atoms with Gasteiger partial charge in [-0.25, -0.2) is 4.79 Å². The molecular weight excluding hydrogens is 384 g/mol. The van der Waals surface area contributed by atoms with Crippen LogP contribution in [0.5, 0.6) is 5.75 Å². The molecule has 0 saturated carbocycles. The molecule has 4 rings (SSSR count). The second-order valence-corrected chi connectivity index (χ2v) is 7.35. The molecule has 1 N–H and O–H groups in total. The van der Waals surface area contributed by atoms with Crippen molar-refractivity contribution in [3.63, 3.8) is 0 Å². The fraction of sp³-hybridized carbons (Fsp3) is 0.0435. The van der Waals surface area contributed by atoms with E-state index in [0.29, 0.717) is 17.9 Å². The molecule has 0 aliphatic heterocycles. The number of nitrogens with zero attached hydrogens (tertiary/aromatic N) is 2. The molecule has 0 bridgehead atoms. The minimum atomic E-state index is -0.973. The Kier molecular flexibility index (Phi) is 5.14. The van der Waals surface area contributed by atoms with E-state index >= 15 is 0 Å². The number of carbonyl (C=O) groups is 1. The third-order valence-electron chi connectivity index (χ3n) is 4.49. The van der Waals surface area contributed by atoms with Gasteiger partial charge in [0.05, 0.1) is 11.1 Å². The lowest BCUT2D eigenvalue weighted by molar-refractivity contribution is 0.0697. The quantitative estimate of drug-likeness (QED) is 0.473. The third-order valence-corrected chi connectivity index (χ3v) is 5.34. The van der Waals surface area contributed by atoms with Gasteiger partial charge in [0.1, 0.15) is 18.4 Å². The summed E-state index contributed by atoms with van der Waals surface area (Å²) in [6.07, 6.45) is 3.60. The first-order valence-corrected chi connectivity index (χ1v) is 9.74. The van der Waals surface area contributed by atoms with Crippen LogP contribution in [-0.4, -0.2) is 15.6 Å². The van der Waals surface area contributed by atoms with Crippen molar-refractivity contribution in [2.45, 2.75) is 6.61 Å². The van der Waals surface area contributed by atoms with Crippen LogP contribution in [0.15, 0.2) is 78.4 Å². The van der Waals surface area contributed by atoms with Crippen LogP contribution in [0.2, 0.25) is 0 Å². The molecule has 29 heavy (non-hydrogen) atoms. The maximum Gasteiger partial charge on any atom is 0.335 e. The molecule has 0 aliphatic carbocycles.